The third kappa shape index (κ3) is 4.66. The maximum Gasteiger partial charge on any atom is 0.325 e. The Kier molecular flexibility index (Phi) is 6.95. The van der Waals surface area contributed by atoms with Gasteiger partial charge in [-0.15, -0.1) is 0 Å². The summed E-state index contributed by atoms with van der Waals surface area (Å²) >= 11 is 0. The first kappa shape index (κ1) is 19.8. The third-order valence-corrected chi connectivity index (χ3v) is 4.75. The van der Waals surface area contributed by atoms with E-state index in [1.165, 1.54) is 7.11 Å². The second kappa shape index (κ2) is 9.83. The van der Waals surface area contributed by atoms with Gasteiger partial charge in [0.15, 0.2) is 0 Å². The van der Waals surface area contributed by atoms with Gasteiger partial charge in [-0.2, -0.15) is 0 Å². The molecule has 144 valence electrons. The van der Waals surface area contributed by atoms with Crippen molar-refractivity contribution in [2.75, 3.05) is 14.2 Å². The summed E-state index contributed by atoms with van der Waals surface area (Å²) in [6.45, 7) is 0. The molecular weight excluding hydrogens is 350 g/mol. The number of ether oxygens (including phenoxy) is 2. The largest absolute Gasteiger partial charge is 0.468 e. The van der Waals surface area contributed by atoms with Gasteiger partial charge in [0.05, 0.1) is 13.2 Å². The molecule has 0 aromatic heterocycles. The molecule has 3 aromatic rings. The maximum absolute atomic E-state index is 12.7. The van der Waals surface area contributed by atoms with Gasteiger partial charge in [-0.05, 0) is 16.7 Å². The fourth-order valence-electron chi connectivity index (χ4n) is 3.37. The highest BCUT2D eigenvalue weighted by molar-refractivity contribution is 5.77. The quantitative estimate of drug-likeness (QED) is 0.597. The molecule has 0 saturated carbocycles. The summed E-state index contributed by atoms with van der Waals surface area (Å²) in [5.74, 6) is -0.368. The molecule has 0 amide bonds. The van der Waals surface area contributed by atoms with E-state index in [1.54, 1.807) is 7.11 Å². The van der Waals surface area contributed by atoms with Crippen LogP contribution < -0.4 is 5.32 Å². The minimum absolute atomic E-state index is 0.187. The lowest BCUT2D eigenvalue weighted by Crippen LogP contribution is -2.45. The van der Waals surface area contributed by atoms with E-state index in [4.69, 9.17) is 9.47 Å². The van der Waals surface area contributed by atoms with Crippen LogP contribution in [-0.2, 0) is 14.3 Å². The van der Waals surface area contributed by atoms with Crippen LogP contribution >= 0.6 is 0 Å². The lowest BCUT2D eigenvalue weighted by atomic mass is 9.95. The number of methoxy groups -OCH3 is 2. The summed E-state index contributed by atoms with van der Waals surface area (Å²) in [7, 11) is 3.00. The molecule has 0 spiro atoms. The van der Waals surface area contributed by atoms with Crippen molar-refractivity contribution in [3.8, 4) is 0 Å². The number of nitrogens with one attached hydrogen (secondary N) is 1. The molecule has 4 nitrogen and oxygen atoms in total. The third-order valence-electron chi connectivity index (χ3n) is 4.75. The fourth-order valence-corrected chi connectivity index (χ4v) is 3.37. The van der Waals surface area contributed by atoms with Crippen molar-refractivity contribution in [2.24, 2.45) is 0 Å². The molecule has 0 saturated heterocycles. The Balaban J connectivity index is 2.00. The molecule has 2 unspecified atom stereocenters. The average molecular weight is 375 g/mol. The van der Waals surface area contributed by atoms with E-state index >= 15 is 0 Å². The zero-order valence-electron chi connectivity index (χ0n) is 16.1. The number of hydrogen-bond acceptors (Lipinski definition) is 4. The zero-order chi connectivity index (χ0) is 19.8. The van der Waals surface area contributed by atoms with Crippen molar-refractivity contribution in [3.05, 3.63) is 108 Å². The number of carbonyl (C=O) groups excluding carboxylic acids is 1. The fraction of sp³-hybridized carbons (Fsp3) is 0.208. The lowest BCUT2D eigenvalue weighted by Gasteiger charge is -2.30. The van der Waals surface area contributed by atoms with Gasteiger partial charge in [0.2, 0.25) is 0 Å². The first-order valence-electron chi connectivity index (χ1n) is 9.26. The number of rotatable bonds is 8. The highest BCUT2D eigenvalue weighted by Gasteiger charge is 2.33. The van der Waals surface area contributed by atoms with Crippen LogP contribution in [0.1, 0.15) is 28.8 Å². The van der Waals surface area contributed by atoms with Crippen LogP contribution in [0.5, 0.6) is 0 Å². The molecular formula is C24H25NO3. The zero-order valence-corrected chi connectivity index (χ0v) is 16.1. The van der Waals surface area contributed by atoms with Crippen LogP contribution in [0.15, 0.2) is 91.0 Å². The Hall–Kier alpha value is -2.95. The minimum atomic E-state index is -0.678. The molecule has 0 aliphatic rings. The first-order valence-corrected chi connectivity index (χ1v) is 9.26. The first-order chi connectivity index (χ1) is 13.7. The van der Waals surface area contributed by atoms with Crippen LogP contribution in [0.25, 0.3) is 0 Å². The van der Waals surface area contributed by atoms with Gasteiger partial charge < -0.3 is 9.47 Å². The van der Waals surface area contributed by atoms with E-state index in [2.05, 4.69) is 5.32 Å². The molecule has 1 N–H and O–H groups in total. The van der Waals surface area contributed by atoms with Gasteiger partial charge >= 0.3 is 5.97 Å². The van der Waals surface area contributed by atoms with Crippen molar-refractivity contribution >= 4 is 5.97 Å². The molecule has 4 heteroatoms. The summed E-state index contributed by atoms with van der Waals surface area (Å²) in [6.07, 6.45) is -0.483. The Bertz CT molecular complexity index is 813. The molecule has 0 aliphatic heterocycles. The molecule has 3 aromatic carbocycles. The number of esters is 1. The Morgan fingerprint density at radius 2 is 1.14 bits per heavy atom. The topological polar surface area (TPSA) is 47.6 Å². The van der Waals surface area contributed by atoms with Crippen molar-refractivity contribution in [2.45, 2.75) is 18.2 Å². The van der Waals surface area contributed by atoms with Crippen molar-refractivity contribution in [1.29, 1.82) is 0 Å². The number of benzene rings is 3. The predicted molar refractivity (Wildman–Crippen MR) is 110 cm³/mol. The van der Waals surface area contributed by atoms with Crippen LogP contribution in [0.4, 0.5) is 0 Å². The van der Waals surface area contributed by atoms with Crippen molar-refractivity contribution in [3.63, 3.8) is 0 Å². The van der Waals surface area contributed by atoms with Gasteiger partial charge in [0, 0.05) is 7.11 Å². The van der Waals surface area contributed by atoms with Gasteiger partial charge in [-0.25, -0.2) is 0 Å². The van der Waals surface area contributed by atoms with Crippen LogP contribution in [0, 0.1) is 0 Å². The standard InChI is InChI=1S/C24H25NO3/c1-27-23(20-16-10-5-11-17-20)22(24(26)28-2)25-21(18-12-6-3-7-13-18)19-14-8-4-9-15-19/h3-17,21-23,25H,1-2H3. The second-order valence-corrected chi connectivity index (χ2v) is 6.49. The molecule has 0 radical (unpaired) electrons. The summed E-state index contributed by atoms with van der Waals surface area (Å²) < 4.78 is 10.8. The summed E-state index contributed by atoms with van der Waals surface area (Å²) in [4.78, 5) is 12.7. The summed E-state index contributed by atoms with van der Waals surface area (Å²) in [5.41, 5.74) is 3.03. The predicted octanol–water partition coefficient (Wildman–Crippen LogP) is 4.29. The van der Waals surface area contributed by atoms with E-state index < -0.39 is 12.1 Å². The maximum atomic E-state index is 12.7. The normalized spacial score (nSPS) is 13.1. The Morgan fingerprint density at radius 3 is 1.54 bits per heavy atom. The van der Waals surface area contributed by atoms with E-state index in [0.717, 1.165) is 16.7 Å². The Labute approximate surface area is 166 Å². The van der Waals surface area contributed by atoms with Gasteiger partial charge in [-0.3, -0.25) is 10.1 Å². The van der Waals surface area contributed by atoms with Gasteiger partial charge in [0.1, 0.15) is 12.1 Å². The molecule has 0 fully saturated rings. The van der Waals surface area contributed by atoms with Gasteiger partial charge in [0.25, 0.3) is 0 Å². The molecule has 28 heavy (non-hydrogen) atoms. The van der Waals surface area contributed by atoms with E-state index in [-0.39, 0.29) is 12.0 Å². The second-order valence-electron chi connectivity index (χ2n) is 6.49. The Morgan fingerprint density at radius 1 is 0.714 bits per heavy atom. The van der Waals surface area contributed by atoms with Crippen LogP contribution in [-0.4, -0.2) is 26.2 Å². The van der Waals surface area contributed by atoms with Crippen LogP contribution in [0.3, 0.4) is 0 Å². The molecule has 3 rings (SSSR count). The molecule has 0 aliphatic carbocycles. The minimum Gasteiger partial charge on any atom is -0.468 e. The van der Waals surface area contributed by atoms with E-state index in [9.17, 15) is 4.79 Å². The summed E-state index contributed by atoms with van der Waals surface area (Å²) in [5, 5.41) is 3.49. The van der Waals surface area contributed by atoms with E-state index in [1.807, 2.05) is 91.0 Å². The molecule has 2 atom stereocenters. The van der Waals surface area contributed by atoms with Crippen molar-refractivity contribution < 1.29 is 14.3 Å². The van der Waals surface area contributed by atoms with Crippen LogP contribution in [0.2, 0.25) is 0 Å². The molecule has 0 heterocycles. The SMILES string of the molecule is COC(=O)C(NC(c1ccccc1)c1ccccc1)C(OC)c1ccccc1. The smallest absolute Gasteiger partial charge is 0.325 e. The molecule has 0 bridgehead atoms. The highest BCUT2D eigenvalue weighted by atomic mass is 16.5. The van der Waals surface area contributed by atoms with Gasteiger partial charge in [-0.1, -0.05) is 91.0 Å². The highest BCUT2D eigenvalue weighted by Crippen LogP contribution is 2.28. The van der Waals surface area contributed by atoms with Crippen molar-refractivity contribution in [1.82, 2.24) is 5.32 Å². The lowest BCUT2D eigenvalue weighted by molar-refractivity contribution is -0.147. The average Bonchev–Trinajstić information content (AvgIpc) is 2.78. The monoisotopic (exact) mass is 375 g/mol. The number of hydrogen-bond donors (Lipinski definition) is 1. The summed E-state index contributed by atoms with van der Waals surface area (Å²) in [6, 6.07) is 28.9. The van der Waals surface area contributed by atoms with E-state index in [0.29, 0.717) is 0 Å². The number of carbonyl (C=O) groups is 1.